The first-order valence-electron chi connectivity index (χ1n) is 4.66. The van der Waals surface area contributed by atoms with Crippen LogP contribution in [0.1, 0.15) is 5.56 Å². The van der Waals surface area contributed by atoms with Crippen molar-refractivity contribution in [1.82, 2.24) is 0 Å². The Bertz CT molecular complexity index is 485. The molecule has 0 amide bonds. The van der Waals surface area contributed by atoms with Crippen LogP contribution in [0.4, 0.5) is 15.8 Å². The summed E-state index contributed by atoms with van der Waals surface area (Å²) >= 11 is 4.77. The highest BCUT2D eigenvalue weighted by Crippen LogP contribution is 2.27. The van der Waals surface area contributed by atoms with Gasteiger partial charge in [0.15, 0.2) is 0 Å². The number of nitrogens with two attached hydrogens (primary N) is 1. The fourth-order valence-corrected chi connectivity index (χ4v) is 2.32. The van der Waals surface area contributed by atoms with E-state index < -0.39 is 0 Å². The van der Waals surface area contributed by atoms with Gasteiger partial charge < -0.3 is 11.1 Å². The molecule has 0 bridgehead atoms. The third-order valence-corrected chi connectivity index (χ3v) is 3.50. The summed E-state index contributed by atoms with van der Waals surface area (Å²) in [5.41, 5.74) is 8.04. The van der Waals surface area contributed by atoms with Crippen molar-refractivity contribution in [1.29, 1.82) is 0 Å². The predicted molar refractivity (Wildman–Crippen MR) is 70.2 cm³/mol. The molecule has 0 fully saturated rings. The molecule has 0 atom stereocenters. The van der Waals surface area contributed by atoms with Crippen molar-refractivity contribution >= 4 is 38.6 Å². The topological polar surface area (TPSA) is 38.0 Å². The Morgan fingerprint density at radius 1 is 1.44 bits per heavy atom. The average Bonchev–Trinajstić information content (AvgIpc) is 2.74. The minimum absolute atomic E-state index is 0.349. The van der Waals surface area contributed by atoms with Crippen LogP contribution in [-0.4, -0.2) is 0 Å². The molecule has 5 heteroatoms. The van der Waals surface area contributed by atoms with Gasteiger partial charge in [0, 0.05) is 12.6 Å². The Morgan fingerprint density at radius 3 is 2.94 bits per heavy atom. The van der Waals surface area contributed by atoms with Gasteiger partial charge in [0.05, 0.1) is 15.8 Å². The minimum Gasteiger partial charge on any atom is -0.397 e. The maximum absolute atomic E-state index is 13.1. The van der Waals surface area contributed by atoms with E-state index in [0.717, 1.165) is 5.69 Å². The molecule has 0 spiro atoms. The van der Waals surface area contributed by atoms with Crippen molar-refractivity contribution in [3.05, 3.63) is 44.8 Å². The van der Waals surface area contributed by atoms with E-state index >= 15 is 0 Å². The lowest BCUT2D eigenvalue weighted by molar-refractivity contribution is 0.622. The van der Waals surface area contributed by atoms with Gasteiger partial charge >= 0.3 is 0 Å². The number of rotatable bonds is 3. The fraction of sp³-hybridized carbons (Fsp3) is 0.0909. The van der Waals surface area contributed by atoms with Gasteiger partial charge in [0.2, 0.25) is 0 Å². The third kappa shape index (κ3) is 2.54. The molecule has 3 N–H and O–H groups in total. The molecular formula is C11H10BrFN2S. The van der Waals surface area contributed by atoms with Gasteiger partial charge in [0.25, 0.3) is 0 Å². The number of hydrogen-bond donors (Lipinski definition) is 2. The Morgan fingerprint density at radius 2 is 2.25 bits per heavy atom. The zero-order chi connectivity index (χ0) is 11.5. The molecule has 2 rings (SSSR count). The van der Waals surface area contributed by atoms with Gasteiger partial charge in [-0.15, -0.1) is 0 Å². The monoisotopic (exact) mass is 300 g/mol. The van der Waals surface area contributed by atoms with Crippen molar-refractivity contribution in [2.24, 2.45) is 0 Å². The van der Waals surface area contributed by atoms with Crippen molar-refractivity contribution in [2.45, 2.75) is 6.54 Å². The van der Waals surface area contributed by atoms with Crippen LogP contribution in [0.5, 0.6) is 0 Å². The number of hydrogen-bond acceptors (Lipinski definition) is 3. The zero-order valence-corrected chi connectivity index (χ0v) is 10.7. The second-order valence-electron chi connectivity index (χ2n) is 3.34. The van der Waals surface area contributed by atoms with Crippen LogP contribution in [0, 0.1) is 5.82 Å². The van der Waals surface area contributed by atoms with Crippen molar-refractivity contribution in [2.75, 3.05) is 11.1 Å². The molecule has 0 saturated heterocycles. The van der Waals surface area contributed by atoms with Gasteiger partial charge in [-0.2, -0.15) is 11.3 Å². The van der Waals surface area contributed by atoms with Crippen LogP contribution in [0.3, 0.4) is 0 Å². The van der Waals surface area contributed by atoms with Crippen LogP contribution >= 0.6 is 27.3 Å². The van der Waals surface area contributed by atoms with Gasteiger partial charge in [-0.25, -0.2) is 4.39 Å². The lowest BCUT2D eigenvalue weighted by atomic mass is 10.2. The number of benzene rings is 1. The summed E-state index contributed by atoms with van der Waals surface area (Å²) < 4.78 is 13.5. The number of halogens is 2. The van der Waals surface area contributed by atoms with Crippen LogP contribution in [0.25, 0.3) is 0 Å². The van der Waals surface area contributed by atoms with E-state index in [4.69, 9.17) is 5.73 Å². The van der Waals surface area contributed by atoms with E-state index in [-0.39, 0.29) is 5.82 Å². The molecule has 0 aliphatic carbocycles. The standard InChI is InChI=1S/C11H10BrFN2S/c12-8-3-11(10(14)4-9(8)13)15-5-7-1-2-16-6-7/h1-4,6,15H,5,14H2. The Labute approximate surface area is 105 Å². The summed E-state index contributed by atoms with van der Waals surface area (Å²) in [6.07, 6.45) is 0. The highest BCUT2D eigenvalue weighted by Gasteiger charge is 2.05. The molecule has 16 heavy (non-hydrogen) atoms. The number of thiophene rings is 1. The molecular weight excluding hydrogens is 291 g/mol. The van der Waals surface area contributed by atoms with E-state index in [9.17, 15) is 4.39 Å². The second kappa shape index (κ2) is 4.84. The van der Waals surface area contributed by atoms with E-state index in [1.807, 2.05) is 11.4 Å². The Balaban J connectivity index is 2.12. The molecule has 84 valence electrons. The maximum Gasteiger partial charge on any atom is 0.139 e. The van der Waals surface area contributed by atoms with Gasteiger partial charge in [-0.3, -0.25) is 0 Å². The maximum atomic E-state index is 13.1. The van der Waals surface area contributed by atoms with Crippen LogP contribution < -0.4 is 11.1 Å². The van der Waals surface area contributed by atoms with E-state index in [1.54, 1.807) is 17.4 Å². The molecule has 2 aromatic rings. The SMILES string of the molecule is Nc1cc(F)c(Br)cc1NCc1ccsc1. The van der Waals surface area contributed by atoms with Gasteiger partial charge in [-0.05, 0) is 44.4 Å². The van der Waals surface area contributed by atoms with E-state index in [1.165, 1.54) is 11.6 Å². The van der Waals surface area contributed by atoms with Crippen molar-refractivity contribution in [3.63, 3.8) is 0 Å². The molecule has 1 aromatic carbocycles. The number of nitrogen functional groups attached to an aromatic ring is 1. The largest absolute Gasteiger partial charge is 0.397 e. The Hall–Kier alpha value is -1.07. The quantitative estimate of drug-likeness (QED) is 0.845. The fourth-order valence-electron chi connectivity index (χ4n) is 1.31. The summed E-state index contributed by atoms with van der Waals surface area (Å²) in [5.74, 6) is -0.349. The van der Waals surface area contributed by atoms with Crippen LogP contribution in [0.15, 0.2) is 33.4 Å². The minimum atomic E-state index is -0.349. The number of nitrogens with one attached hydrogen (secondary N) is 1. The first-order chi connectivity index (χ1) is 7.66. The van der Waals surface area contributed by atoms with E-state index in [2.05, 4.69) is 26.6 Å². The molecule has 1 heterocycles. The summed E-state index contributed by atoms with van der Waals surface area (Å²) in [6, 6.07) is 4.99. The summed E-state index contributed by atoms with van der Waals surface area (Å²) in [4.78, 5) is 0. The van der Waals surface area contributed by atoms with Crippen molar-refractivity contribution < 1.29 is 4.39 Å². The highest BCUT2D eigenvalue weighted by molar-refractivity contribution is 9.10. The predicted octanol–water partition coefficient (Wildman–Crippen LogP) is 3.84. The van der Waals surface area contributed by atoms with Crippen LogP contribution in [-0.2, 0) is 6.54 Å². The highest BCUT2D eigenvalue weighted by atomic mass is 79.9. The first kappa shape index (κ1) is 11.4. The third-order valence-electron chi connectivity index (χ3n) is 2.16. The van der Waals surface area contributed by atoms with Crippen molar-refractivity contribution in [3.8, 4) is 0 Å². The summed E-state index contributed by atoms with van der Waals surface area (Å²) in [5, 5.41) is 7.24. The zero-order valence-electron chi connectivity index (χ0n) is 8.34. The first-order valence-corrected chi connectivity index (χ1v) is 6.40. The normalized spacial score (nSPS) is 10.4. The van der Waals surface area contributed by atoms with Gasteiger partial charge in [0.1, 0.15) is 5.82 Å². The molecule has 0 aliphatic rings. The summed E-state index contributed by atoms with van der Waals surface area (Å²) in [7, 11) is 0. The van der Waals surface area contributed by atoms with Gasteiger partial charge in [-0.1, -0.05) is 0 Å². The molecule has 1 aromatic heterocycles. The molecule has 0 unspecified atom stereocenters. The lowest BCUT2D eigenvalue weighted by Gasteiger charge is -2.09. The molecule has 2 nitrogen and oxygen atoms in total. The second-order valence-corrected chi connectivity index (χ2v) is 4.97. The van der Waals surface area contributed by atoms with E-state index in [0.29, 0.717) is 16.7 Å². The summed E-state index contributed by atoms with van der Waals surface area (Å²) in [6.45, 7) is 0.686. The molecule has 0 saturated carbocycles. The smallest absolute Gasteiger partial charge is 0.139 e. The molecule has 0 aliphatic heterocycles. The average molecular weight is 301 g/mol. The lowest BCUT2D eigenvalue weighted by Crippen LogP contribution is -2.02. The van der Waals surface area contributed by atoms with Crippen LogP contribution in [0.2, 0.25) is 0 Å². The molecule has 0 radical (unpaired) electrons. The Kier molecular flexibility index (Phi) is 3.46. The number of anilines is 2.